The van der Waals surface area contributed by atoms with E-state index in [-0.39, 0.29) is 28.9 Å². The van der Waals surface area contributed by atoms with Crippen LogP contribution in [-0.2, 0) is 19.4 Å². The van der Waals surface area contributed by atoms with Gasteiger partial charge in [0, 0.05) is 6.54 Å². The first-order chi connectivity index (χ1) is 16.6. The molecule has 2 saturated carbocycles. The number of hydrogen-bond acceptors (Lipinski definition) is 5. The number of fused-ring (bicyclic) bond motifs is 1. The Morgan fingerprint density at radius 2 is 1.67 bits per heavy atom. The molecule has 2 aliphatic carbocycles. The second-order valence-electron chi connectivity index (χ2n) is 13.3. The van der Waals surface area contributed by atoms with Crippen molar-refractivity contribution in [2.24, 2.45) is 28.4 Å². The second-order valence-corrected chi connectivity index (χ2v) is 15.6. The van der Waals surface area contributed by atoms with E-state index < -0.39 is 50.1 Å². The van der Waals surface area contributed by atoms with Crippen LogP contribution in [0.3, 0.4) is 0 Å². The molecule has 4 amide bonds. The number of hydrogen-bond donors (Lipinski definition) is 3. The zero-order valence-corrected chi connectivity index (χ0v) is 23.2. The van der Waals surface area contributed by atoms with Gasteiger partial charge in [-0.05, 0) is 48.3 Å². The number of nitrogens with two attached hydrogens (primary N) is 1. The van der Waals surface area contributed by atoms with Crippen LogP contribution >= 0.6 is 0 Å². The summed E-state index contributed by atoms with van der Waals surface area (Å²) in [4.78, 5) is 41.1. The molecular formula is C26H44N4O5S. The van der Waals surface area contributed by atoms with Crippen LogP contribution in [-0.4, -0.2) is 66.3 Å². The van der Waals surface area contributed by atoms with Gasteiger partial charge in [-0.3, -0.25) is 9.59 Å². The Bertz CT molecular complexity index is 1010. The fourth-order valence-corrected chi connectivity index (χ4v) is 9.73. The number of nitrogens with one attached hydrogen (secondary N) is 2. The number of rotatable bonds is 5. The Morgan fingerprint density at radius 3 is 2.22 bits per heavy atom. The number of amides is 4. The molecule has 2 heterocycles. The predicted octanol–water partition coefficient (Wildman–Crippen LogP) is 2.34. The van der Waals surface area contributed by atoms with Gasteiger partial charge in [0.05, 0.1) is 16.5 Å². The largest absolute Gasteiger partial charge is 0.368 e. The summed E-state index contributed by atoms with van der Waals surface area (Å²) in [6.07, 6.45) is 6.03. The number of carbonyl (C=O) groups excluding carboxylic acids is 3. The van der Waals surface area contributed by atoms with Gasteiger partial charge in [0.15, 0.2) is 9.84 Å². The van der Waals surface area contributed by atoms with E-state index >= 15 is 0 Å². The average Bonchev–Trinajstić information content (AvgIpc) is 3.10. The summed E-state index contributed by atoms with van der Waals surface area (Å²) in [5, 5.41) is 5.38. The normalized spacial score (nSPS) is 33.2. The number of carbonyl (C=O) groups is 3. The lowest BCUT2D eigenvalue weighted by Crippen LogP contribution is -2.66. The summed E-state index contributed by atoms with van der Waals surface area (Å²) in [6.45, 7) is 10.3. The van der Waals surface area contributed by atoms with Crippen molar-refractivity contribution in [1.82, 2.24) is 15.5 Å². The summed E-state index contributed by atoms with van der Waals surface area (Å²) in [5.74, 6) is -0.408. The maximum Gasteiger partial charge on any atom is 0.315 e. The quantitative estimate of drug-likeness (QED) is 0.507. The van der Waals surface area contributed by atoms with Crippen LogP contribution < -0.4 is 16.4 Å². The number of sulfone groups is 1. The molecule has 4 N–H and O–H groups in total. The molecule has 0 spiro atoms. The SMILES string of the molecule is CC(C)(C)C(NC(=O)NC1(C2CCCCS2(=O)=O)CCCCC1)C(=O)N1CC2C(C1C(N)=O)C2(C)C. The van der Waals surface area contributed by atoms with Gasteiger partial charge in [0.1, 0.15) is 12.1 Å². The molecule has 0 aromatic carbocycles. The first-order valence-corrected chi connectivity index (χ1v) is 15.2. The zero-order chi connectivity index (χ0) is 26.7. The molecule has 4 fully saturated rings. The second kappa shape index (κ2) is 9.17. The van der Waals surface area contributed by atoms with Crippen LogP contribution in [0.25, 0.3) is 0 Å². The molecule has 5 unspecified atom stereocenters. The minimum Gasteiger partial charge on any atom is -0.368 e. The molecule has 9 nitrogen and oxygen atoms in total. The van der Waals surface area contributed by atoms with Gasteiger partial charge < -0.3 is 21.3 Å². The minimum absolute atomic E-state index is 0.0304. The summed E-state index contributed by atoms with van der Waals surface area (Å²) in [7, 11) is -3.31. The fraction of sp³-hybridized carbons (Fsp3) is 0.885. The summed E-state index contributed by atoms with van der Waals surface area (Å²) in [6, 6.07) is -2.08. The molecule has 2 saturated heterocycles. The van der Waals surface area contributed by atoms with E-state index in [1.54, 1.807) is 4.90 Å². The van der Waals surface area contributed by atoms with Crippen molar-refractivity contribution in [3.63, 3.8) is 0 Å². The highest BCUT2D eigenvalue weighted by Crippen LogP contribution is 2.64. The minimum atomic E-state index is -3.31. The molecule has 0 aromatic heterocycles. The highest BCUT2D eigenvalue weighted by molar-refractivity contribution is 7.92. The third-order valence-electron chi connectivity index (χ3n) is 9.47. The van der Waals surface area contributed by atoms with E-state index in [0.717, 1.165) is 25.7 Å². The Balaban J connectivity index is 1.54. The molecule has 4 aliphatic rings. The van der Waals surface area contributed by atoms with Crippen molar-refractivity contribution in [3.05, 3.63) is 0 Å². The van der Waals surface area contributed by atoms with Crippen LogP contribution in [0, 0.1) is 22.7 Å². The lowest BCUT2D eigenvalue weighted by molar-refractivity contribution is -0.142. The van der Waals surface area contributed by atoms with E-state index in [9.17, 15) is 22.8 Å². The average molecular weight is 525 g/mol. The number of nitrogens with zero attached hydrogens (tertiary/aromatic N) is 1. The topological polar surface area (TPSA) is 139 Å². The molecule has 36 heavy (non-hydrogen) atoms. The smallest absolute Gasteiger partial charge is 0.315 e. The van der Waals surface area contributed by atoms with Crippen LogP contribution in [0.2, 0.25) is 0 Å². The molecule has 4 rings (SSSR count). The maximum absolute atomic E-state index is 13.8. The number of likely N-dealkylation sites (tertiary alicyclic amines) is 1. The summed E-state index contributed by atoms with van der Waals surface area (Å²) >= 11 is 0. The first-order valence-electron chi connectivity index (χ1n) is 13.5. The molecule has 10 heteroatoms. The third-order valence-corrected chi connectivity index (χ3v) is 11.9. The Labute approximate surface area is 215 Å². The van der Waals surface area contributed by atoms with Crippen LogP contribution in [0.5, 0.6) is 0 Å². The molecular weight excluding hydrogens is 480 g/mol. The summed E-state index contributed by atoms with van der Waals surface area (Å²) in [5.41, 5.74) is 4.26. The van der Waals surface area contributed by atoms with E-state index in [2.05, 4.69) is 24.5 Å². The number of urea groups is 1. The Kier molecular flexibility index (Phi) is 6.93. The van der Waals surface area contributed by atoms with Crippen molar-refractivity contribution >= 4 is 27.7 Å². The van der Waals surface area contributed by atoms with Gasteiger partial charge in [-0.15, -0.1) is 0 Å². The van der Waals surface area contributed by atoms with E-state index in [1.165, 1.54) is 0 Å². The van der Waals surface area contributed by atoms with Gasteiger partial charge in [-0.2, -0.15) is 0 Å². The lowest BCUT2D eigenvalue weighted by atomic mass is 9.77. The Morgan fingerprint density at radius 1 is 1.03 bits per heavy atom. The number of primary amides is 1. The zero-order valence-electron chi connectivity index (χ0n) is 22.4. The van der Waals surface area contributed by atoms with E-state index in [4.69, 9.17) is 5.73 Å². The first kappa shape index (κ1) is 27.2. The highest BCUT2D eigenvalue weighted by Gasteiger charge is 2.69. The fourth-order valence-electron chi connectivity index (χ4n) is 7.33. The van der Waals surface area contributed by atoms with Crippen LogP contribution in [0.15, 0.2) is 0 Å². The van der Waals surface area contributed by atoms with E-state index in [1.807, 2.05) is 20.8 Å². The highest BCUT2D eigenvalue weighted by atomic mass is 32.2. The van der Waals surface area contributed by atoms with Gasteiger partial charge in [-0.1, -0.05) is 60.3 Å². The number of piperidine rings is 1. The molecule has 0 radical (unpaired) electrons. The maximum atomic E-state index is 13.8. The van der Waals surface area contributed by atoms with Crippen LogP contribution in [0.1, 0.15) is 86.0 Å². The van der Waals surface area contributed by atoms with Gasteiger partial charge >= 0.3 is 6.03 Å². The van der Waals surface area contributed by atoms with Crippen molar-refractivity contribution < 1.29 is 22.8 Å². The van der Waals surface area contributed by atoms with Crippen LogP contribution in [0.4, 0.5) is 4.79 Å². The van der Waals surface area contributed by atoms with Crippen molar-refractivity contribution in [1.29, 1.82) is 0 Å². The van der Waals surface area contributed by atoms with Gasteiger partial charge in [0.2, 0.25) is 11.8 Å². The predicted molar refractivity (Wildman–Crippen MR) is 138 cm³/mol. The Hall–Kier alpha value is -1.84. The van der Waals surface area contributed by atoms with Gasteiger partial charge in [-0.25, -0.2) is 13.2 Å². The lowest BCUT2D eigenvalue weighted by Gasteiger charge is -2.45. The van der Waals surface area contributed by atoms with Crippen molar-refractivity contribution in [2.75, 3.05) is 12.3 Å². The molecule has 0 aromatic rings. The standard InChI is InChI=1S/C26H44N4O5S/c1-24(2,3)20(22(32)30-15-16-18(25(16,4)5)19(30)21(27)31)28-23(33)29-26(12-8-6-9-13-26)17-11-7-10-14-36(17,34)35/h16-20H,6-15H2,1-5H3,(H2,27,31)(H2,28,29,33). The van der Waals surface area contributed by atoms with E-state index in [0.29, 0.717) is 32.2 Å². The third kappa shape index (κ3) is 4.74. The monoisotopic (exact) mass is 524 g/mol. The molecule has 5 atom stereocenters. The molecule has 0 bridgehead atoms. The van der Waals surface area contributed by atoms with Crippen molar-refractivity contribution in [3.8, 4) is 0 Å². The molecule has 204 valence electrons. The molecule has 2 aliphatic heterocycles. The summed E-state index contributed by atoms with van der Waals surface area (Å²) < 4.78 is 26.1. The van der Waals surface area contributed by atoms with Crippen molar-refractivity contribution in [2.45, 2.75) is 109 Å². The van der Waals surface area contributed by atoms with Gasteiger partial charge in [0.25, 0.3) is 0 Å².